The van der Waals surface area contributed by atoms with E-state index in [2.05, 4.69) is 10.2 Å². The molecule has 0 saturated carbocycles. The summed E-state index contributed by atoms with van der Waals surface area (Å²) in [5, 5.41) is 11.7. The molecule has 3 rings (SSSR count). The van der Waals surface area contributed by atoms with E-state index < -0.39 is 5.97 Å². The number of carboxylic acid groups (broad SMARTS) is 1. The summed E-state index contributed by atoms with van der Waals surface area (Å²) in [6, 6.07) is 11.3. The molecule has 0 bridgehead atoms. The average molecular weight is 355 g/mol. The Bertz CT molecular complexity index is 795. The molecule has 1 aliphatic rings. The van der Waals surface area contributed by atoms with Gasteiger partial charge in [0, 0.05) is 26.3 Å². The maximum atomic E-state index is 12.0. The van der Waals surface area contributed by atoms with Crippen LogP contribution < -0.4 is 5.32 Å². The van der Waals surface area contributed by atoms with Crippen LogP contribution in [0.3, 0.4) is 0 Å². The fourth-order valence-corrected chi connectivity index (χ4v) is 3.72. The van der Waals surface area contributed by atoms with Gasteiger partial charge in [-0.1, -0.05) is 18.6 Å². The number of benzene rings is 1. The smallest absolute Gasteiger partial charge is 0.335 e. The van der Waals surface area contributed by atoms with Crippen LogP contribution in [0.25, 0.3) is 0 Å². The van der Waals surface area contributed by atoms with Gasteiger partial charge in [-0.2, -0.15) is 0 Å². The molecule has 6 heteroatoms. The van der Waals surface area contributed by atoms with Gasteiger partial charge in [0.1, 0.15) is 5.69 Å². The summed E-state index contributed by atoms with van der Waals surface area (Å²) in [6.07, 6.45) is 3.37. The van der Waals surface area contributed by atoms with Gasteiger partial charge in [0.05, 0.1) is 11.6 Å². The number of hydrogen-bond acceptors (Lipinski definition) is 3. The summed E-state index contributed by atoms with van der Waals surface area (Å²) < 4.78 is 1.98. The number of hydrogen-bond donors (Lipinski definition) is 2. The minimum absolute atomic E-state index is 0.0784. The highest BCUT2D eigenvalue weighted by Gasteiger charge is 2.27. The first-order chi connectivity index (χ1) is 12.5. The van der Waals surface area contributed by atoms with Crippen molar-refractivity contribution in [3.8, 4) is 0 Å². The molecule has 1 saturated heterocycles. The number of carbonyl (C=O) groups is 2. The van der Waals surface area contributed by atoms with Gasteiger partial charge in [-0.05, 0) is 49.2 Å². The molecule has 2 heterocycles. The number of nitrogens with zero attached hydrogens (tertiary/aromatic N) is 2. The molecule has 2 aromatic rings. The lowest BCUT2D eigenvalue weighted by atomic mass is 9.98. The molecule has 26 heavy (non-hydrogen) atoms. The van der Waals surface area contributed by atoms with Gasteiger partial charge in [0.25, 0.3) is 5.91 Å². The number of carboxylic acids is 1. The molecule has 2 N–H and O–H groups in total. The predicted octanol–water partition coefficient (Wildman–Crippen LogP) is 2.81. The summed E-state index contributed by atoms with van der Waals surface area (Å²) in [5.41, 5.74) is 3.22. The van der Waals surface area contributed by atoms with Gasteiger partial charge < -0.3 is 15.0 Å². The molecule has 0 spiro atoms. The van der Waals surface area contributed by atoms with Crippen LogP contribution in [0.15, 0.2) is 36.4 Å². The van der Waals surface area contributed by atoms with Crippen molar-refractivity contribution < 1.29 is 14.7 Å². The number of piperidine rings is 1. The molecule has 6 nitrogen and oxygen atoms in total. The summed E-state index contributed by atoms with van der Waals surface area (Å²) in [7, 11) is 3.58. The largest absolute Gasteiger partial charge is 0.478 e. The summed E-state index contributed by atoms with van der Waals surface area (Å²) in [4.78, 5) is 25.4. The van der Waals surface area contributed by atoms with Crippen LogP contribution in [-0.4, -0.2) is 40.0 Å². The number of rotatable bonds is 5. The van der Waals surface area contributed by atoms with Crippen molar-refractivity contribution in [3.05, 3.63) is 58.9 Å². The number of aromatic carboxylic acids is 1. The topological polar surface area (TPSA) is 74.6 Å². The molecule has 1 aliphatic heterocycles. The van der Waals surface area contributed by atoms with Crippen molar-refractivity contribution in [2.75, 3.05) is 13.6 Å². The van der Waals surface area contributed by atoms with Crippen LogP contribution >= 0.6 is 0 Å². The quantitative estimate of drug-likeness (QED) is 0.865. The van der Waals surface area contributed by atoms with Gasteiger partial charge in [-0.25, -0.2) is 4.79 Å². The molecule has 0 radical (unpaired) electrons. The van der Waals surface area contributed by atoms with Crippen molar-refractivity contribution in [1.82, 2.24) is 14.8 Å². The number of nitrogens with one attached hydrogen (secondary N) is 1. The Hall–Kier alpha value is -2.60. The Balaban J connectivity index is 1.81. The zero-order chi connectivity index (χ0) is 18.7. The Kier molecular flexibility index (Phi) is 5.42. The predicted molar refractivity (Wildman–Crippen MR) is 99.2 cm³/mol. The lowest BCUT2D eigenvalue weighted by Crippen LogP contribution is -2.34. The first kappa shape index (κ1) is 18.2. The third-order valence-electron chi connectivity index (χ3n) is 5.16. The molecule has 1 fully saturated rings. The van der Waals surface area contributed by atoms with Gasteiger partial charge >= 0.3 is 5.97 Å². The molecule has 0 aliphatic carbocycles. The van der Waals surface area contributed by atoms with E-state index >= 15 is 0 Å². The summed E-state index contributed by atoms with van der Waals surface area (Å²) in [6.45, 7) is 1.76. The van der Waals surface area contributed by atoms with Gasteiger partial charge in [0.15, 0.2) is 0 Å². The monoisotopic (exact) mass is 355 g/mol. The van der Waals surface area contributed by atoms with E-state index in [0.717, 1.165) is 37.2 Å². The fourth-order valence-electron chi connectivity index (χ4n) is 3.72. The highest BCUT2D eigenvalue weighted by Crippen LogP contribution is 2.33. The van der Waals surface area contributed by atoms with Crippen molar-refractivity contribution in [2.24, 2.45) is 7.05 Å². The molecular weight excluding hydrogens is 330 g/mol. The lowest BCUT2D eigenvalue weighted by molar-refractivity contribution is 0.0696. The van der Waals surface area contributed by atoms with Gasteiger partial charge in [-0.15, -0.1) is 0 Å². The number of likely N-dealkylation sites (tertiary alicyclic amines) is 1. The third-order valence-corrected chi connectivity index (χ3v) is 5.16. The second kappa shape index (κ2) is 7.74. The number of carbonyl (C=O) groups excluding carboxylic acids is 1. The van der Waals surface area contributed by atoms with E-state index in [1.54, 1.807) is 19.2 Å². The van der Waals surface area contributed by atoms with E-state index in [1.807, 2.05) is 35.9 Å². The number of amides is 1. The van der Waals surface area contributed by atoms with Crippen LogP contribution in [0.5, 0.6) is 0 Å². The van der Waals surface area contributed by atoms with Gasteiger partial charge in [-0.3, -0.25) is 9.69 Å². The highest BCUT2D eigenvalue weighted by atomic mass is 16.4. The molecule has 138 valence electrons. The van der Waals surface area contributed by atoms with Crippen LogP contribution in [-0.2, 0) is 13.6 Å². The van der Waals surface area contributed by atoms with E-state index in [-0.39, 0.29) is 11.9 Å². The minimum Gasteiger partial charge on any atom is -0.478 e. The standard InChI is InChI=1S/C20H25N3O3/c1-21-19(24)18-11-10-16(22(18)2)17-5-3-4-12-23(17)13-14-6-8-15(9-7-14)20(25)26/h6-11,17H,3-5,12-13H2,1-2H3,(H,21,24)(H,25,26). The zero-order valence-electron chi connectivity index (χ0n) is 15.2. The average Bonchev–Trinajstić information content (AvgIpc) is 3.03. The summed E-state index contributed by atoms with van der Waals surface area (Å²) >= 11 is 0. The Labute approximate surface area is 153 Å². The van der Waals surface area contributed by atoms with E-state index in [1.165, 1.54) is 6.42 Å². The first-order valence-electron chi connectivity index (χ1n) is 8.95. The van der Waals surface area contributed by atoms with Crippen molar-refractivity contribution >= 4 is 11.9 Å². The Morgan fingerprint density at radius 1 is 1.15 bits per heavy atom. The van der Waals surface area contributed by atoms with Crippen molar-refractivity contribution in [2.45, 2.75) is 31.8 Å². The van der Waals surface area contributed by atoms with Gasteiger partial charge in [0.2, 0.25) is 0 Å². The zero-order valence-corrected chi connectivity index (χ0v) is 15.2. The first-order valence-corrected chi connectivity index (χ1v) is 8.95. The second-order valence-corrected chi connectivity index (χ2v) is 6.77. The van der Waals surface area contributed by atoms with E-state index in [4.69, 9.17) is 5.11 Å². The highest BCUT2D eigenvalue weighted by molar-refractivity contribution is 5.92. The van der Waals surface area contributed by atoms with E-state index in [9.17, 15) is 9.59 Å². The Morgan fingerprint density at radius 3 is 2.54 bits per heavy atom. The summed E-state index contributed by atoms with van der Waals surface area (Å²) in [5.74, 6) is -0.983. The number of aromatic nitrogens is 1. The van der Waals surface area contributed by atoms with E-state index in [0.29, 0.717) is 11.3 Å². The maximum absolute atomic E-state index is 12.0. The van der Waals surface area contributed by atoms with Crippen LogP contribution in [0.1, 0.15) is 57.4 Å². The molecule has 1 unspecified atom stereocenters. The normalized spacial score (nSPS) is 17.8. The minimum atomic E-state index is -0.905. The molecular formula is C20H25N3O3. The molecule has 1 aromatic carbocycles. The Morgan fingerprint density at radius 2 is 1.88 bits per heavy atom. The van der Waals surface area contributed by atoms with Crippen molar-refractivity contribution in [1.29, 1.82) is 0 Å². The molecule has 1 atom stereocenters. The fraction of sp³-hybridized carbons (Fsp3) is 0.400. The second-order valence-electron chi connectivity index (χ2n) is 6.77. The third kappa shape index (κ3) is 3.65. The van der Waals surface area contributed by atoms with Crippen LogP contribution in [0, 0.1) is 0 Å². The van der Waals surface area contributed by atoms with Crippen LogP contribution in [0.2, 0.25) is 0 Å². The molecule has 1 aromatic heterocycles. The molecule has 1 amide bonds. The maximum Gasteiger partial charge on any atom is 0.335 e. The van der Waals surface area contributed by atoms with Crippen LogP contribution in [0.4, 0.5) is 0 Å². The SMILES string of the molecule is CNC(=O)c1ccc(C2CCCCN2Cc2ccc(C(=O)O)cc2)n1C. The lowest BCUT2D eigenvalue weighted by Gasteiger charge is -2.36. The van der Waals surface area contributed by atoms with Crippen molar-refractivity contribution in [3.63, 3.8) is 0 Å².